The molecule has 0 radical (unpaired) electrons. The van der Waals surface area contributed by atoms with Gasteiger partial charge in [0.25, 0.3) is 0 Å². The Morgan fingerprint density at radius 3 is 2.00 bits per heavy atom. The first-order chi connectivity index (χ1) is 20.0. The molecule has 3 heteroatoms. The highest BCUT2D eigenvalue weighted by Crippen LogP contribution is 2.50. The van der Waals surface area contributed by atoms with Crippen LogP contribution in [0.4, 0.5) is 0 Å². The highest BCUT2D eigenvalue weighted by atomic mass is 32.2. The second kappa shape index (κ2) is 19.7. The molecule has 2 nitrogen and oxygen atoms in total. The molecule has 0 saturated carbocycles. The lowest BCUT2D eigenvalue weighted by Gasteiger charge is -2.43. The van der Waals surface area contributed by atoms with Crippen LogP contribution in [0.25, 0.3) is 0 Å². The minimum atomic E-state index is -0.147. The normalized spacial score (nSPS) is 17.2. The Morgan fingerprint density at radius 1 is 0.780 bits per heavy atom. The molecule has 1 aliphatic rings. The molecule has 1 heterocycles. The zero-order chi connectivity index (χ0) is 29.9. The van der Waals surface area contributed by atoms with Crippen molar-refractivity contribution in [2.24, 2.45) is 0 Å². The fourth-order valence-electron chi connectivity index (χ4n) is 5.13. The van der Waals surface area contributed by atoms with E-state index in [0.717, 1.165) is 24.5 Å². The van der Waals surface area contributed by atoms with Crippen LogP contribution in [-0.2, 0) is 5.41 Å². The number of rotatable bonds is 13. The maximum absolute atomic E-state index is 6.25. The Bertz CT molecular complexity index is 1070. The van der Waals surface area contributed by atoms with E-state index in [1.807, 2.05) is 13.8 Å². The van der Waals surface area contributed by atoms with Crippen molar-refractivity contribution in [3.05, 3.63) is 95.1 Å². The number of benzene rings is 3. The fourth-order valence-corrected chi connectivity index (χ4v) is 6.32. The van der Waals surface area contributed by atoms with Crippen LogP contribution < -0.4 is 9.47 Å². The summed E-state index contributed by atoms with van der Waals surface area (Å²) in [5, 5.41) is 0. The molecule has 3 aromatic rings. The first-order valence-electron chi connectivity index (χ1n) is 16.1. The molecule has 1 aliphatic heterocycles. The highest BCUT2D eigenvalue weighted by Gasteiger charge is 2.43. The maximum atomic E-state index is 6.25. The van der Waals surface area contributed by atoms with Crippen LogP contribution in [0, 0.1) is 6.92 Å². The molecule has 41 heavy (non-hydrogen) atoms. The van der Waals surface area contributed by atoms with Crippen molar-refractivity contribution in [2.45, 2.75) is 105 Å². The molecule has 4 rings (SSSR count). The van der Waals surface area contributed by atoms with Crippen molar-refractivity contribution < 1.29 is 9.47 Å². The van der Waals surface area contributed by atoms with Gasteiger partial charge in [-0.15, -0.1) is 0 Å². The summed E-state index contributed by atoms with van der Waals surface area (Å²) in [5.74, 6) is 4.91. The average molecular weight is 577 g/mol. The molecule has 0 spiro atoms. The third kappa shape index (κ3) is 10.7. The molecular weight excluding hydrogens is 520 g/mol. The summed E-state index contributed by atoms with van der Waals surface area (Å²) in [4.78, 5) is 0. The van der Waals surface area contributed by atoms with E-state index in [4.69, 9.17) is 9.47 Å². The van der Waals surface area contributed by atoms with Gasteiger partial charge in [0.1, 0.15) is 11.5 Å². The van der Waals surface area contributed by atoms with Crippen molar-refractivity contribution in [3.8, 4) is 11.5 Å². The smallest absolute Gasteiger partial charge is 0.123 e. The Kier molecular flexibility index (Phi) is 16.7. The van der Waals surface area contributed by atoms with Gasteiger partial charge in [-0.1, -0.05) is 127 Å². The van der Waals surface area contributed by atoms with Gasteiger partial charge in [-0.05, 0) is 67.0 Å². The van der Waals surface area contributed by atoms with Gasteiger partial charge < -0.3 is 9.47 Å². The van der Waals surface area contributed by atoms with Crippen molar-refractivity contribution in [3.63, 3.8) is 0 Å². The SMILES string of the molecule is CC.CCCCCOc1ccc(C2c3ccccc3OC[C@]2(C)c2ccc(C)cc2)cc1.CCCCSCCCC. The quantitative estimate of drug-likeness (QED) is 0.189. The first-order valence-corrected chi connectivity index (χ1v) is 17.3. The predicted molar refractivity (Wildman–Crippen MR) is 182 cm³/mol. The minimum Gasteiger partial charge on any atom is -0.494 e. The average Bonchev–Trinajstić information content (AvgIpc) is 3.01. The van der Waals surface area contributed by atoms with Crippen LogP contribution in [-0.4, -0.2) is 24.7 Å². The monoisotopic (exact) mass is 576 g/mol. The van der Waals surface area contributed by atoms with Crippen molar-refractivity contribution in [1.82, 2.24) is 0 Å². The van der Waals surface area contributed by atoms with Crippen LogP contribution in [0.1, 0.15) is 115 Å². The number of hydrogen-bond acceptors (Lipinski definition) is 3. The van der Waals surface area contributed by atoms with Gasteiger partial charge in [0.2, 0.25) is 0 Å². The summed E-state index contributed by atoms with van der Waals surface area (Å²) in [6.07, 6.45) is 9.02. The summed E-state index contributed by atoms with van der Waals surface area (Å²) >= 11 is 2.10. The zero-order valence-corrected chi connectivity index (χ0v) is 27.8. The van der Waals surface area contributed by atoms with Crippen LogP contribution in [0.3, 0.4) is 0 Å². The molecule has 0 aromatic heterocycles. The number of hydrogen-bond donors (Lipinski definition) is 0. The van der Waals surface area contributed by atoms with E-state index in [-0.39, 0.29) is 11.3 Å². The van der Waals surface area contributed by atoms with Gasteiger partial charge in [-0.2, -0.15) is 11.8 Å². The third-order valence-electron chi connectivity index (χ3n) is 7.62. The molecule has 1 unspecified atom stereocenters. The number of para-hydroxylation sites is 1. The van der Waals surface area contributed by atoms with Crippen molar-refractivity contribution in [2.75, 3.05) is 24.7 Å². The number of ether oxygens (including phenoxy) is 2. The molecule has 2 atom stereocenters. The molecule has 3 aromatic carbocycles. The summed E-state index contributed by atoms with van der Waals surface area (Å²) in [7, 11) is 0. The second-order valence-electron chi connectivity index (χ2n) is 11.0. The van der Waals surface area contributed by atoms with Crippen LogP contribution in [0.2, 0.25) is 0 Å². The standard InChI is InChI=1S/C28H32O2.C8H18S.C2H6/c1-4-5-8-19-29-24-17-13-22(14-18-24)27-25-9-6-7-10-26(25)30-20-28(27,3)23-15-11-21(2)12-16-23;1-3-5-7-9-8-6-4-2;1-2/h6-7,9-18,27H,4-5,8,19-20H2,1-3H3;3-8H2,1-2H3;1-2H3/t27?,28-;;/m1../s1. The summed E-state index contributed by atoms with van der Waals surface area (Å²) in [6, 6.07) is 26.1. The van der Waals surface area contributed by atoms with E-state index >= 15 is 0 Å². The van der Waals surface area contributed by atoms with Crippen LogP contribution >= 0.6 is 11.8 Å². The third-order valence-corrected chi connectivity index (χ3v) is 8.77. The largest absolute Gasteiger partial charge is 0.494 e. The number of fused-ring (bicyclic) bond motifs is 1. The molecule has 0 N–H and O–H groups in total. The molecule has 0 fully saturated rings. The Labute approximate surface area is 256 Å². The fraction of sp³-hybridized carbons (Fsp3) is 0.526. The Balaban J connectivity index is 0.000000459. The lowest BCUT2D eigenvalue weighted by molar-refractivity contribution is 0.183. The molecule has 226 valence electrons. The van der Waals surface area contributed by atoms with E-state index < -0.39 is 0 Å². The predicted octanol–water partition coefficient (Wildman–Crippen LogP) is 11.4. The molecular formula is C38H56O2S. The first kappa shape index (κ1) is 34.8. The molecule has 0 saturated heterocycles. The lowest BCUT2D eigenvalue weighted by Crippen LogP contribution is -2.40. The van der Waals surface area contributed by atoms with E-state index in [1.165, 1.54) is 72.3 Å². The van der Waals surface area contributed by atoms with Crippen LogP contribution in [0.15, 0.2) is 72.8 Å². The second-order valence-corrected chi connectivity index (χ2v) is 12.2. The highest BCUT2D eigenvalue weighted by molar-refractivity contribution is 7.99. The van der Waals surface area contributed by atoms with E-state index in [1.54, 1.807) is 0 Å². The number of thioether (sulfide) groups is 1. The van der Waals surface area contributed by atoms with Crippen molar-refractivity contribution >= 4 is 11.8 Å². The summed E-state index contributed by atoms with van der Waals surface area (Å²) in [5.41, 5.74) is 5.00. The maximum Gasteiger partial charge on any atom is 0.123 e. The van der Waals surface area contributed by atoms with Gasteiger partial charge in [0, 0.05) is 16.9 Å². The van der Waals surface area contributed by atoms with Gasteiger partial charge >= 0.3 is 0 Å². The van der Waals surface area contributed by atoms with Gasteiger partial charge in [-0.25, -0.2) is 0 Å². The Morgan fingerprint density at radius 2 is 1.39 bits per heavy atom. The molecule has 0 bridgehead atoms. The van der Waals surface area contributed by atoms with Gasteiger partial charge in [-0.3, -0.25) is 0 Å². The van der Waals surface area contributed by atoms with Crippen molar-refractivity contribution in [1.29, 1.82) is 0 Å². The number of unbranched alkanes of at least 4 members (excludes halogenated alkanes) is 4. The van der Waals surface area contributed by atoms with E-state index in [9.17, 15) is 0 Å². The topological polar surface area (TPSA) is 18.5 Å². The summed E-state index contributed by atoms with van der Waals surface area (Å²) < 4.78 is 12.2. The lowest BCUT2D eigenvalue weighted by atomic mass is 9.65. The zero-order valence-electron chi connectivity index (χ0n) is 27.0. The molecule has 0 amide bonds. The van der Waals surface area contributed by atoms with Gasteiger partial charge in [0.05, 0.1) is 13.2 Å². The molecule has 0 aliphatic carbocycles. The number of aryl methyl sites for hydroxylation is 1. The summed E-state index contributed by atoms with van der Waals surface area (Å²) in [6.45, 7) is 16.6. The van der Waals surface area contributed by atoms with E-state index in [0.29, 0.717) is 6.61 Å². The van der Waals surface area contributed by atoms with Gasteiger partial charge in [0.15, 0.2) is 0 Å². The Hall–Kier alpha value is -2.39. The van der Waals surface area contributed by atoms with E-state index in [2.05, 4.69) is 119 Å². The minimum absolute atomic E-state index is 0.147. The van der Waals surface area contributed by atoms with Crippen LogP contribution in [0.5, 0.6) is 11.5 Å².